The van der Waals surface area contributed by atoms with E-state index in [1.54, 1.807) is 11.5 Å². The number of benzene rings is 1. The Kier molecular flexibility index (Phi) is 3.94. The zero-order chi connectivity index (χ0) is 13.8. The number of carbonyl (C=O) groups is 1. The maximum absolute atomic E-state index is 12.1. The van der Waals surface area contributed by atoms with E-state index in [-0.39, 0.29) is 11.5 Å². The third kappa shape index (κ3) is 2.81. The summed E-state index contributed by atoms with van der Waals surface area (Å²) in [7, 11) is 0. The first-order valence-corrected chi connectivity index (χ1v) is 6.36. The van der Waals surface area contributed by atoms with Gasteiger partial charge in [-0.2, -0.15) is 0 Å². The van der Waals surface area contributed by atoms with Crippen molar-refractivity contribution in [3.8, 4) is 0 Å². The first-order chi connectivity index (χ1) is 9.13. The molecule has 2 aromatic rings. The molecule has 0 fully saturated rings. The van der Waals surface area contributed by atoms with Crippen LogP contribution < -0.4 is 10.9 Å². The summed E-state index contributed by atoms with van der Waals surface area (Å²) in [5, 5.41) is 2.73. The summed E-state index contributed by atoms with van der Waals surface area (Å²) < 4.78 is 1.62. The maximum atomic E-state index is 12.1. The molecule has 5 nitrogen and oxygen atoms in total. The van der Waals surface area contributed by atoms with Gasteiger partial charge < -0.3 is 9.88 Å². The van der Waals surface area contributed by atoms with Crippen molar-refractivity contribution < 1.29 is 4.79 Å². The van der Waals surface area contributed by atoms with Gasteiger partial charge in [0.1, 0.15) is 5.69 Å². The number of rotatable bonds is 4. The molecule has 2 rings (SSSR count). The van der Waals surface area contributed by atoms with Gasteiger partial charge in [-0.05, 0) is 26.0 Å². The number of hydrogen-bond donors (Lipinski definition) is 1. The SMILES string of the molecule is CCNC(=O)CCn1c(=O)c(C)nc2ccccc21. The smallest absolute Gasteiger partial charge is 0.272 e. The number of fused-ring (bicyclic) bond motifs is 1. The van der Waals surface area contributed by atoms with Crippen LogP contribution in [0.2, 0.25) is 0 Å². The molecule has 0 bridgehead atoms. The average molecular weight is 259 g/mol. The van der Waals surface area contributed by atoms with Crippen LogP contribution in [0, 0.1) is 6.92 Å². The standard InChI is InChI=1S/C14H17N3O2/c1-3-15-13(18)8-9-17-12-7-5-4-6-11(12)16-10(2)14(17)19/h4-7H,3,8-9H2,1-2H3,(H,15,18). The summed E-state index contributed by atoms with van der Waals surface area (Å²) in [5.74, 6) is -0.0482. The molecule has 0 unspecified atom stereocenters. The zero-order valence-electron chi connectivity index (χ0n) is 11.1. The van der Waals surface area contributed by atoms with Crippen LogP contribution in [0.5, 0.6) is 0 Å². The number of nitrogens with zero attached hydrogens (tertiary/aromatic N) is 2. The van der Waals surface area contributed by atoms with Crippen LogP contribution in [-0.2, 0) is 11.3 Å². The summed E-state index contributed by atoms with van der Waals surface area (Å²) in [5.41, 5.74) is 1.86. The summed E-state index contributed by atoms with van der Waals surface area (Å²) in [6, 6.07) is 7.46. The van der Waals surface area contributed by atoms with E-state index in [9.17, 15) is 9.59 Å². The van der Waals surface area contributed by atoms with Gasteiger partial charge in [-0.3, -0.25) is 9.59 Å². The Morgan fingerprint density at radius 1 is 1.37 bits per heavy atom. The maximum Gasteiger partial charge on any atom is 0.272 e. The Bertz CT molecular complexity index is 661. The third-order valence-corrected chi connectivity index (χ3v) is 2.95. The molecule has 19 heavy (non-hydrogen) atoms. The summed E-state index contributed by atoms with van der Waals surface area (Å²) in [6.45, 7) is 4.53. The van der Waals surface area contributed by atoms with Crippen LogP contribution in [0.4, 0.5) is 0 Å². The lowest BCUT2D eigenvalue weighted by Crippen LogP contribution is -2.28. The largest absolute Gasteiger partial charge is 0.356 e. The minimum atomic E-state index is -0.136. The number of para-hydroxylation sites is 2. The van der Waals surface area contributed by atoms with E-state index in [1.807, 2.05) is 31.2 Å². The fourth-order valence-electron chi connectivity index (χ4n) is 2.04. The van der Waals surface area contributed by atoms with E-state index in [0.29, 0.717) is 25.2 Å². The van der Waals surface area contributed by atoms with Gasteiger partial charge in [0.25, 0.3) is 5.56 Å². The quantitative estimate of drug-likeness (QED) is 0.898. The van der Waals surface area contributed by atoms with Gasteiger partial charge in [0.15, 0.2) is 0 Å². The van der Waals surface area contributed by atoms with Gasteiger partial charge in [0.05, 0.1) is 11.0 Å². The molecule has 5 heteroatoms. The van der Waals surface area contributed by atoms with Crippen LogP contribution in [0.3, 0.4) is 0 Å². The van der Waals surface area contributed by atoms with E-state index in [0.717, 1.165) is 11.0 Å². The number of hydrogen-bond acceptors (Lipinski definition) is 3. The van der Waals surface area contributed by atoms with Crippen LogP contribution in [-0.4, -0.2) is 22.0 Å². The molecule has 0 aliphatic carbocycles. The Morgan fingerprint density at radius 2 is 2.11 bits per heavy atom. The Hall–Kier alpha value is -2.17. The van der Waals surface area contributed by atoms with Crippen LogP contribution in [0.25, 0.3) is 11.0 Å². The predicted octanol–water partition coefficient (Wildman–Crippen LogP) is 1.23. The fourth-order valence-corrected chi connectivity index (χ4v) is 2.04. The van der Waals surface area contributed by atoms with Crippen molar-refractivity contribution in [1.29, 1.82) is 0 Å². The molecule has 1 N–H and O–H groups in total. The lowest BCUT2D eigenvalue weighted by atomic mass is 10.2. The zero-order valence-corrected chi connectivity index (χ0v) is 11.1. The molecule has 1 aromatic heterocycles. The van der Waals surface area contributed by atoms with Crippen LogP contribution in [0.15, 0.2) is 29.1 Å². The molecular formula is C14H17N3O2. The van der Waals surface area contributed by atoms with Gasteiger partial charge in [0.2, 0.25) is 5.91 Å². The van der Waals surface area contributed by atoms with Crippen LogP contribution >= 0.6 is 0 Å². The predicted molar refractivity (Wildman–Crippen MR) is 74.0 cm³/mol. The van der Waals surface area contributed by atoms with Crippen molar-refractivity contribution in [2.24, 2.45) is 0 Å². The van der Waals surface area contributed by atoms with Gasteiger partial charge >= 0.3 is 0 Å². The summed E-state index contributed by atoms with van der Waals surface area (Å²) in [6.07, 6.45) is 0.293. The Morgan fingerprint density at radius 3 is 2.84 bits per heavy atom. The van der Waals surface area contributed by atoms with Crippen molar-refractivity contribution >= 4 is 16.9 Å². The first kappa shape index (κ1) is 13.3. The molecule has 1 amide bonds. The lowest BCUT2D eigenvalue weighted by molar-refractivity contribution is -0.121. The molecule has 0 aliphatic heterocycles. The van der Waals surface area contributed by atoms with Gasteiger partial charge in [0, 0.05) is 19.5 Å². The van der Waals surface area contributed by atoms with E-state index in [1.165, 1.54) is 0 Å². The van der Waals surface area contributed by atoms with E-state index in [2.05, 4.69) is 10.3 Å². The minimum Gasteiger partial charge on any atom is -0.356 e. The van der Waals surface area contributed by atoms with Crippen LogP contribution in [0.1, 0.15) is 19.0 Å². The normalized spacial score (nSPS) is 10.6. The summed E-state index contributed by atoms with van der Waals surface area (Å²) in [4.78, 5) is 27.9. The second kappa shape index (κ2) is 5.65. The Labute approximate surface area is 111 Å². The molecule has 0 atom stereocenters. The Balaban J connectivity index is 2.38. The third-order valence-electron chi connectivity index (χ3n) is 2.95. The van der Waals surface area contributed by atoms with Crippen molar-refractivity contribution in [3.05, 3.63) is 40.3 Å². The highest BCUT2D eigenvalue weighted by molar-refractivity contribution is 5.77. The van der Waals surface area contributed by atoms with E-state index < -0.39 is 0 Å². The molecule has 0 aliphatic rings. The number of aryl methyl sites for hydroxylation is 2. The lowest BCUT2D eigenvalue weighted by Gasteiger charge is -2.10. The number of amides is 1. The highest BCUT2D eigenvalue weighted by atomic mass is 16.1. The number of carbonyl (C=O) groups excluding carboxylic acids is 1. The topological polar surface area (TPSA) is 64.0 Å². The van der Waals surface area contributed by atoms with Gasteiger partial charge in [-0.25, -0.2) is 4.98 Å². The summed E-state index contributed by atoms with van der Waals surface area (Å²) >= 11 is 0. The number of nitrogens with one attached hydrogen (secondary N) is 1. The molecule has 1 aromatic carbocycles. The molecular weight excluding hydrogens is 242 g/mol. The highest BCUT2D eigenvalue weighted by Crippen LogP contribution is 2.10. The molecule has 1 heterocycles. The fraction of sp³-hybridized carbons (Fsp3) is 0.357. The monoisotopic (exact) mass is 259 g/mol. The van der Waals surface area contributed by atoms with Crippen molar-refractivity contribution in [2.75, 3.05) is 6.54 Å². The van der Waals surface area contributed by atoms with E-state index >= 15 is 0 Å². The average Bonchev–Trinajstić information content (AvgIpc) is 2.39. The second-order valence-corrected chi connectivity index (χ2v) is 4.35. The molecule has 0 radical (unpaired) electrons. The second-order valence-electron chi connectivity index (χ2n) is 4.35. The van der Waals surface area contributed by atoms with Crippen molar-refractivity contribution in [1.82, 2.24) is 14.9 Å². The van der Waals surface area contributed by atoms with Crippen molar-refractivity contribution in [2.45, 2.75) is 26.8 Å². The first-order valence-electron chi connectivity index (χ1n) is 6.36. The van der Waals surface area contributed by atoms with Gasteiger partial charge in [-0.15, -0.1) is 0 Å². The molecule has 0 saturated carbocycles. The molecule has 0 spiro atoms. The number of aromatic nitrogens is 2. The minimum absolute atomic E-state index is 0.0482. The molecule has 0 saturated heterocycles. The molecule has 100 valence electrons. The van der Waals surface area contributed by atoms with Gasteiger partial charge in [-0.1, -0.05) is 12.1 Å². The highest BCUT2D eigenvalue weighted by Gasteiger charge is 2.09. The van der Waals surface area contributed by atoms with Crippen molar-refractivity contribution in [3.63, 3.8) is 0 Å². The van der Waals surface area contributed by atoms with E-state index in [4.69, 9.17) is 0 Å².